The number of alkyl halides is 1. The molecule has 0 amide bonds. The summed E-state index contributed by atoms with van der Waals surface area (Å²) in [5.41, 5.74) is 0. The van der Waals surface area contributed by atoms with E-state index in [4.69, 9.17) is 16.0 Å². The van der Waals surface area contributed by atoms with Crippen molar-refractivity contribution in [2.75, 3.05) is 7.05 Å². The lowest BCUT2D eigenvalue weighted by atomic mass is 9.87. The van der Waals surface area contributed by atoms with Crippen LogP contribution in [0.2, 0.25) is 0 Å². The summed E-state index contributed by atoms with van der Waals surface area (Å²) < 4.78 is 31.6. The fourth-order valence-electron chi connectivity index (χ4n) is 2.64. The number of halogens is 1. The Morgan fingerprint density at radius 2 is 2.16 bits per heavy atom. The van der Waals surface area contributed by atoms with Gasteiger partial charge in [-0.25, -0.2) is 8.42 Å². The van der Waals surface area contributed by atoms with Crippen LogP contribution in [-0.4, -0.2) is 25.8 Å². The van der Waals surface area contributed by atoms with Gasteiger partial charge in [0.1, 0.15) is 5.76 Å². The zero-order valence-corrected chi connectivity index (χ0v) is 12.9. The molecular formula is C13H20ClNO3S. The second kappa shape index (κ2) is 5.85. The highest BCUT2D eigenvalue weighted by Gasteiger charge is 2.32. The highest BCUT2D eigenvalue weighted by molar-refractivity contribution is 7.89. The van der Waals surface area contributed by atoms with Crippen molar-refractivity contribution in [1.82, 2.24) is 4.31 Å². The Hall–Kier alpha value is -0.520. The average Bonchev–Trinajstić information content (AvgIpc) is 2.87. The number of furan rings is 1. The molecule has 6 heteroatoms. The summed E-state index contributed by atoms with van der Waals surface area (Å²) >= 11 is 5.64. The van der Waals surface area contributed by atoms with Crippen molar-refractivity contribution in [1.29, 1.82) is 0 Å². The van der Waals surface area contributed by atoms with Gasteiger partial charge >= 0.3 is 0 Å². The second-order valence-corrected chi connectivity index (χ2v) is 7.50. The first-order valence-corrected chi connectivity index (χ1v) is 8.55. The van der Waals surface area contributed by atoms with Crippen molar-refractivity contribution in [3.63, 3.8) is 0 Å². The first kappa shape index (κ1) is 14.9. The Morgan fingerprint density at radius 3 is 2.74 bits per heavy atom. The van der Waals surface area contributed by atoms with E-state index in [9.17, 15) is 8.42 Å². The van der Waals surface area contributed by atoms with Gasteiger partial charge in [-0.05, 0) is 30.9 Å². The van der Waals surface area contributed by atoms with E-state index < -0.39 is 10.0 Å². The molecule has 0 aromatic carbocycles. The first-order valence-electron chi connectivity index (χ1n) is 6.58. The Morgan fingerprint density at radius 1 is 1.42 bits per heavy atom. The van der Waals surface area contributed by atoms with E-state index in [1.54, 1.807) is 13.1 Å². The maximum atomic E-state index is 12.5. The maximum Gasteiger partial charge on any atom is 0.276 e. The molecule has 2 atom stereocenters. The van der Waals surface area contributed by atoms with Crippen molar-refractivity contribution in [3.05, 3.63) is 17.9 Å². The largest absolute Gasteiger partial charge is 0.447 e. The van der Waals surface area contributed by atoms with Gasteiger partial charge in [-0.2, -0.15) is 4.31 Å². The molecule has 0 N–H and O–H groups in total. The number of rotatable bonds is 4. The van der Waals surface area contributed by atoms with Crippen molar-refractivity contribution >= 4 is 21.6 Å². The summed E-state index contributed by atoms with van der Waals surface area (Å²) in [6.45, 7) is 2.17. The molecule has 0 bridgehead atoms. The molecule has 1 fully saturated rings. The molecule has 2 rings (SSSR count). The third-order valence-electron chi connectivity index (χ3n) is 3.83. The molecule has 1 saturated carbocycles. The van der Waals surface area contributed by atoms with E-state index in [0.29, 0.717) is 11.7 Å². The predicted octanol–water partition coefficient (Wildman–Crippen LogP) is 3.22. The summed E-state index contributed by atoms with van der Waals surface area (Å²) in [5, 5.41) is -0.0103. The molecule has 1 aliphatic rings. The number of hydrogen-bond donors (Lipinski definition) is 0. The molecule has 0 saturated heterocycles. The predicted molar refractivity (Wildman–Crippen MR) is 74.6 cm³/mol. The molecule has 0 spiro atoms. The number of hydrogen-bond acceptors (Lipinski definition) is 3. The Bertz CT molecular complexity index is 526. The fraction of sp³-hybridized carbons (Fsp3) is 0.692. The van der Waals surface area contributed by atoms with E-state index in [1.165, 1.54) is 16.8 Å². The van der Waals surface area contributed by atoms with Gasteiger partial charge < -0.3 is 4.42 Å². The van der Waals surface area contributed by atoms with E-state index >= 15 is 0 Å². The molecular weight excluding hydrogens is 286 g/mol. The SMILES string of the molecule is CC1CCCC(N(C)S(=O)(=O)c2ccc(CCl)o2)C1. The molecule has 108 valence electrons. The van der Waals surface area contributed by atoms with E-state index in [0.717, 1.165) is 19.3 Å². The van der Waals surface area contributed by atoms with Crippen LogP contribution in [0.25, 0.3) is 0 Å². The molecule has 1 aromatic heterocycles. The van der Waals surface area contributed by atoms with Crippen molar-refractivity contribution in [2.24, 2.45) is 5.92 Å². The topological polar surface area (TPSA) is 50.5 Å². The normalized spacial score (nSPS) is 24.8. The van der Waals surface area contributed by atoms with Crippen molar-refractivity contribution < 1.29 is 12.8 Å². The van der Waals surface area contributed by atoms with Gasteiger partial charge in [-0.15, -0.1) is 11.6 Å². The average molecular weight is 306 g/mol. The maximum absolute atomic E-state index is 12.5. The monoisotopic (exact) mass is 305 g/mol. The minimum absolute atomic E-state index is 0.0103. The summed E-state index contributed by atoms with van der Waals surface area (Å²) in [5.74, 6) is 1.23. The molecule has 0 radical (unpaired) electrons. The zero-order valence-electron chi connectivity index (χ0n) is 11.3. The third kappa shape index (κ3) is 3.15. The van der Waals surface area contributed by atoms with Crippen LogP contribution >= 0.6 is 11.6 Å². The zero-order chi connectivity index (χ0) is 14.0. The highest BCUT2D eigenvalue weighted by atomic mass is 35.5. The fourth-order valence-corrected chi connectivity index (χ4v) is 4.10. The van der Waals surface area contributed by atoms with Gasteiger partial charge in [0.05, 0.1) is 5.88 Å². The van der Waals surface area contributed by atoms with Crippen LogP contribution in [0, 0.1) is 5.92 Å². The molecule has 19 heavy (non-hydrogen) atoms. The van der Waals surface area contributed by atoms with E-state index in [-0.39, 0.29) is 17.0 Å². The standard InChI is InChI=1S/C13H20ClNO3S/c1-10-4-3-5-11(8-10)15(2)19(16,17)13-7-6-12(9-14)18-13/h6-7,10-11H,3-5,8-9H2,1-2H3. The van der Waals surface area contributed by atoms with E-state index in [2.05, 4.69) is 6.92 Å². The van der Waals surface area contributed by atoms with Crippen LogP contribution in [0.3, 0.4) is 0 Å². The minimum atomic E-state index is -3.54. The second-order valence-electron chi connectivity index (χ2n) is 5.30. The molecule has 4 nitrogen and oxygen atoms in total. The summed E-state index contributed by atoms with van der Waals surface area (Å²) in [6.07, 6.45) is 4.10. The Balaban J connectivity index is 2.18. The van der Waals surface area contributed by atoms with Gasteiger partial charge in [0.2, 0.25) is 5.09 Å². The lowest BCUT2D eigenvalue weighted by molar-refractivity contribution is 0.235. The summed E-state index contributed by atoms with van der Waals surface area (Å²) in [6, 6.07) is 3.16. The summed E-state index contributed by atoms with van der Waals surface area (Å²) in [4.78, 5) is 0. The number of sulfonamides is 1. The van der Waals surface area contributed by atoms with Crippen LogP contribution in [0.1, 0.15) is 38.4 Å². The van der Waals surface area contributed by atoms with Gasteiger partial charge in [0.25, 0.3) is 10.0 Å². The van der Waals surface area contributed by atoms with Crippen LogP contribution in [-0.2, 0) is 15.9 Å². The van der Waals surface area contributed by atoms with Gasteiger partial charge in [-0.3, -0.25) is 0 Å². The highest BCUT2D eigenvalue weighted by Crippen LogP contribution is 2.30. The summed E-state index contributed by atoms with van der Waals surface area (Å²) in [7, 11) is -1.90. The van der Waals surface area contributed by atoms with E-state index in [1.807, 2.05) is 0 Å². The first-order chi connectivity index (χ1) is 8.95. The lowest BCUT2D eigenvalue weighted by Gasteiger charge is -2.32. The molecule has 0 aliphatic heterocycles. The molecule has 1 aromatic rings. The molecule has 1 heterocycles. The van der Waals surface area contributed by atoms with Crippen LogP contribution in [0.15, 0.2) is 21.6 Å². The minimum Gasteiger partial charge on any atom is -0.447 e. The smallest absolute Gasteiger partial charge is 0.276 e. The van der Waals surface area contributed by atoms with Gasteiger partial charge in [0, 0.05) is 13.1 Å². The Kier molecular flexibility index (Phi) is 4.58. The third-order valence-corrected chi connectivity index (χ3v) is 5.87. The lowest BCUT2D eigenvalue weighted by Crippen LogP contribution is -2.39. The molecule has 2 unspecified atom stereocenters. The van der Waals surface area contributed by atoms with Crippen LogP contribution in [0.5, 0.6) is 0 Å². The quantitative estimate of drug-likeness (QED) is 0.803. The van der Waals surface area contributed by atoms with Crippen LogP contribution < -0.4 is 0 Å². The van der Waals surface area contributed by atoms with Gasteiger partial charge in [-0.1, -0.05) is 19.8 Å². The van der Waals surface area contributed by atoms with Crippen molar-refractivity contribution in [3.8, 4) is 0 Å². The van der Waals surface area contributed by atoms with Gasteiger partial charge in [0.15, 0.2) is 0 Å². The Labute approximate surface area is 119 Å². The molecule has 1 aliphatic carbocycles. The van der Waals surface area contributed by atoms with Crippen LogP contribution in [0.4, 0.5) is 0 Å². The number of nitrogens with zero attached hydrogens (tertiary/aromatic N) is 1. The van der Waals surface area contributed by atoms with Crippen molar-refractivity contribution in [2.45, 2.75) is 49.6 Å².